The van der Waals surface area contributed by atoms with Crippen molar-refractivity contribution in [3.63, 3.8) is 0 Å². The van der Waals surface area contributed by atoms with Crippen LogP contribution in [0.2, 0.25) is 20.1 Å². The Hall–Kier alpha value is -1.02. The van der Waals surface area contributed by atoms with Gasteiger partial charge in [-0.05, 0) is 30.3 Å². The SMILES string of the molecule is O=S(=O)(Cl)c1cc(-c2nc(-c3ccc(Cl)cc3Cl)no2)c(Cl)cc1Cl. The van der Waals surface area contributed by atoms with Gasteiger partial charge in [-0.15, -0.1) is 0 Å². The van der Waals surface area contributed by atoms with Crippen molar-refractivity contribution in [2.45, 2.75) is 4.90 Å². The van der Waals surface area contributed by atoms with E-state index >= 15 is 0 Å². The predicted molar refractivity (Wildman–Crippen MR) is 98.2 cm³/mol. The zero-order chi connectivity index (χ0) is 18.4. The van der Waals surface area contributed by atoms with Crippen LogP contribution >= 0.6 is 57.1 Å². The lowest BCUT2D eigenvalue weighted by Crippen LogP contribution is -1.94. The Labute approximate surface area is 166 Å². The van der Waals surface area contributed by atoms with Gasteiger partial charge >= 0.3 is 0 Å². The van der Waals surface area contributed by atoms with Crippen LogP contribution in [-0.4, -0.2) is 18.6 Å². The highest BCUT2D eigenvalue weighted by molar-refractivity contribution is 8.13. The summed E-state index contributed by atoms with van der Waals surface area (Å²) < 4.78 is 28.3. The molecular formula is C14H5Cl5N2O3S. The summed E-state index contributed by atoms with van der Waals surface area (Å²) in [6.07, 6.45) is 0. The fourth-order valence-electron chi connectivity index (χ4n) is 1.99. The molecule has 5 nitrogen and oxygen atoms in total. The zero-order valence-corrected chi connectivity index (χ0v) is 16.4. The molecule has 0 spiro atoms. The number of hydrogen-bond acceptors (Lipinski definition) is 5. The van der Waals surface area contributed by atoms with Crippen LogP contribution in [0.5, 0.6) is 0 Å². The number of halogens is 5. The molecule has 0 bridgehead atoms. The normalized spacial score (nSPS) is 11.7. The first-order valence-corrected chi connectivity index (χ1v) is 10.2. The first-order chi connectivity index (χ1) is 11.7. The average Bonchev–Trinajstić information content (AvgIpc) is 2.95. The molecule has 11 heteroatoms. The monoisotopic (exact) mass is 456 g/mol. The molecule has 3 aromatic rings. The minimum atomic E-state index is -4.08. The third kappa shape index (κ3) is 3.89. The van der Waals surface area contributed by atoms with Crippen LogP contribution < -0.4 is 0 Å². The van der Waals surface area contributed by atoms with Crippen LogP contribution in [0, 0.1) is 0 Å². The molecule has 0 saturated carbocycles. The molecule has 0 amide bonds. The Morgan fingerprint density at radius 3 is 2.20 bits per heavy atom. The number of benzene rings is 2. The third-order valence-corrected chi connectivity index (χ3v) is 5.76. The minimum absolute atomic E-state index is 0.0238. The van der Waals surface area contributed by atoms with Crippen molar-refractivity contribution in [1.29, 1.82) is 0 Å². The Balaban J connectivity index is 2.12. The third-order valence-electron chi connectivity index (χ3n) is 3.11. The van der Waals surface area contributed by atoms with E-state index in [4.69, 9.17) is 61.6 Å². The second-order valence-corrected chi connectivity index (χ2v) is 8.94. The molecule has 0 aliphatic heterocycles. The first-order valence-electron chi connectivity index (χ1n) is 6.40. The van der Waals surface area contributed by atoms with Gasteiger partial charge in [0.1, 0.15) is 4.90 Å². The molecule has 1 aromatic heterocycles. The lowest BCUT2D eigenvalue weighted by atomic mass is 10.2. The molecule has 25 heavy (non-hydrogen) atoms. The van der Waals surface area contributed by atoms with Gasteiger partial charge in [-0.3, -0.25) is 0 Å². The van der Waals surface area contributed by atoms with Crippen molar-refractivity contribution >= 4 is 66.1 Å². The molecule has 0 fully saturated rings. The number of nitrogens with zero attached hydrogens (tertiary/aromatic N) is 2. The second-order valence-electron chi connectivity index (χ2n) is 4.75. The number of hydrogen-bond donors (Lipinski definition) is 0. The topological polar surface area (TPSA) is 73.1 Å². The molecule has 0 aliphatic carbocycles. The van der Waals surface area contributed by atoms with E-state index in [0.29, 0.717) is 15.6 Å². The van der Waals surface area contributed by atoms with E-state index in [9.17, 15) is 8.42 Å². The average molecular weight is 459 g/mol. The Morgan fingerprint density at radius 2 is 1.56 bits per heavy atom. The van der Waals surface area contributed by atoms with Crippen LogP contribution in [0.4, 0.5) is 0 Å². The van der Waals surface area contributed by atoms with Gasteiger partial charge < -0.3 is 4.52 Å². The quantitative estimate of drug-likeness (QED) is 0.454. The van der Waals surface area contributed by atoms with Crippen LogP contribution in [0.15, 0.2) is 39.8 Å². The van der Waals surface area contributed by atoms with Crippen LogP contribution in [0.3, 0.4) is 0 Å². The standard InChI is InChI=1S/C14H5Cl5N2O3S/c15-6-1-2-7(9(16)3-6)13-20-14(24-21-13)8-4-12(25(19,22)23)11(18)5-10(8)17/h1-5H. The van der Waals surface area contributed by atoms with Crippen molar-refractivity contribution in [1.82, 2.24) is 10.1 Å². The molecule has 3 rings (SSSR count). The summed E-state index contributed by atoms with van der Waals surface area (Å²) >= 11 is 23.9. The maximum Gasteiger partial charge on any atom is 0.262 e. The molecule has 0 atom stereocenters. The van der Waals surface area contributed by atoms with E-state index in [1.54, 1.807) is 12.1 Å². The molecule has 0 unspecified atom stereocenters. The maximum atomic E-state index is 11.6. The van der Waals surface area contributed by atoms with Gasteiger partial charge in [0.25, 0.3) is 14.9 Å². The highest BCUT2D eigenvalue weighted by Crippen LogP contribution is 2.37. The highest BCUT2D eigenvalue weighted by atomic mass is 35.7. The maximum absolute atomic E-state index is 11.6. The molecule has 130 valence electrons. The molecule has 0 radical (unpaired) electrons. The van der Waals surface area contributed by atoms with Crippen LogP contribution in [0.25, 0.3) is 22.8 Å². The van der Waals surface area contributed by atoms with E-state index in [1.165, 1.54) is 12.1 Å². The van der Waals surface area contributed by atoms with Crippen molar-refractivity contribution in [3.05, 3.63) is 50.4 Å². The smallest absolute Gasteiger partial charge is 0.262 e. The van der Waals surface area contributed by atoms with Gasteiger partial charge in [0.05, 0.1) is 20.6 Å². The van der Waals surface area contributed by atoms with Gasteiger partial charge in [-0.25, -0.2) is 8.42 Å². The van der Waals surface area contributed by atoms with E-state index in [1.807, 2.05) is 0 Å². The minimum Gasteiger partial charge on any atom is -0.334 e. The Bertz CT molecular complexity index is 1080. The predicted octanol–water partition coefficient (Wildman–Crippen LogP) is 5.94. The molecular weight excluding hydrogens is 453 g/mol. The summed E-state index contributed by atoms with van der Waals surface area (Å²) in [5.41, 5.74) is 0.644. The summed E-state index contributed by atoms with van der Waals surface area (Å²) in [5.74, 6) is 0.155. The van der Waals surface area contributed by atoms with Gasteiger partial charge in [0.2, 0.25) is 5.82 Å². The molecule has 2 aromatic carbocycles. The van der Waals surface area contributed by atoms with Gasteiger partial charge in [0.15, 0.2) is 0 Å². The highest BCUT2D eigenvalue weighted by Gasteiger charge is 2.22. The van der Waals surface area contributed by atoms with Crippen LogP contribution in [0.1, 0.15) is 0 Å². The summed E-state index contributed by atoms with van der Waals surface area (Å²) in [4.78, 5) is 3.86. The van der Waals surface area contributed by atoms with E-state index in [0.717, 1.165) is 6.07 Å². The largest absolute Gasteiger partial charge is 0.334 e. The number of aromatic nitrogens is 2. The van der Waals surface area contributed by atoms with Crippen LogP contribution in [-0.2, 0) is 9.05 Å². The van der Waals surface area contributed by atoms with E-state index in [-0.39, 0.29) is 32.2 Å². The van der Waals surface area contributed by atoms with Gasteiger partial charge in [-0.1, -0.05) is 51.6 Å². The van der Waals surface area contributed by atoms with Crippen molar-refractivity contribution in [2.75, 3.05) is 0 Å². The first kappa shape index (κ1) is 18.8. The molecule has 1 heterocycles. The fourth-order valence-corrected chi connectivity index (χ4v) is 4.31. The van der Waals surface area contributed by atoms with E-state index in [2.05, 4.69) is 10.1 Å². The van der Waals surface area contributed by atoms with E-state index < -0.39 is 9.05 Å². The molecule has 0 aliphatic rings. The lowest BCUT2D eigenvalue weighted by Gasteiger charge is -2.04. The van der Waals surface area contributed by atoms with Gasteiger partial charge in [-0.2, -0.15) is 4.98 Å². The lowest BCUT2D eigenvalue weighted by molar-refractivity contribution is 0.432. The fraction of sp³-hybridized carbons (Fsp3) is 0. The van der Waals surface area contributed by atoms with Crippen molar-refractivity contribution in [3.8, 4) is 22.8 Å². The van der Waals surface area contributed by atoms with Crippen molar-refractivity contribution in [2.24, 2.45) is 0 Å². The summed E-state index contributed by atoms with van der Waals surface area (Å²) in [6, 6.07) is 7.16. The summed E-state index contributed by atoms with van der Waals surface area (Å²) in [5, 5.41) is 4.60. The molecule has 0 saturated heterocycles. The molecule has 0 N–H and O–H groups in total. The van der Waals surface area contributed by atoms with Gasteiger partial charge in [0, 0.05) is 21.3 Å². The summed E-state index contributed by atoms with van der Waals surface area (Å²) in [6.45, 7) is 0. The zero-order valence-electron chi connectivity index (χ0n) is 11.8. The summed E-state index contributed by atoms with van der Waals surface area (Å²) in [7, 11) is 1.28. The Morgan fingerprint density at radius 1 is 0.880 bits per heavy atom. The Kier molecular flexibility index (Phi) is 5.21. The second kappa shape index (κ2) is 6.95. The van der Waals surface area contributed by atoms with Crippen molar-refractivity contribution < 1.29 is 12.9 Å². The number of rotatable bonds is 3.